The number of nitrogens with zero attached hydrogens (tertiary/aromatic N) is 2. The maximum absolute atomic E-state index is 13.8. The Balaban J connectivity index is 1.63. The van der Waals surface area contributed by atoms with Crippen LogP contribution in [0.1, 0.15) is 27.7 Å². The Morgan fingerprint density at radius 1 is 1.08 bits per heavy atom. The van der Waals surface area contributed by atoms with Gasteiger partial charge in [-0.2, -0.15) is 0 Å². The standard InChI is InChI=1S/C26H17Cl3N2O5/c1-35-20-11-16(27)8-15-10-19(36-25(15)20)23(32)21-22(14-2-3-17(28)18(29)9-14)31(26(34)24(21)33)12-13-4-6-30-7-5-13/h2-11,22,33H,12H2,1H3. The third-order valence-electron chi connectivity index (χ3n) is 5.90. The number of carbonyl (C=O) groups excluding carboxylic acids is 2. The third-order valence-corrected chi connectivity index (χ3v) is 6.86. The number of hydrogen-bond acceptors (Lipinski definition) is 6. The molecule has 4 aromatic rings. The number of aliphatic hydroxyl groups is 1. The van der Waals surface area contributed by atoms with Gasteiger partial charge in [0.15, 0.2) is 22.9 Å². The summed E-state index contributed by atoms with van der Waals surface area (Å²) in [5.74, 6) is -1.78. The number of furan rings is 1. The van der Waals surface area contributed by atoms with Crippen LogP contribution in [0.3, 0.4) is 0 Å². The van der Waals surface area contributed by atoms with Gasteiger partial charge in [-0.15, -0.1) is 0 Å². The fourth-order valence-electron chi connectivity index (χ4n) is 4.24. The Hall–Kier alpha value is -3.52. The molecule has 0 bridgehead atoms. The first-order valence-corrected chi connectivity index (χ1v) is 11.8. The van der Waals surface area contributed by atoms with Crippen molar-refractivity contribution in [2.45, 2.75) is 12.6 Å². The molecule has 1 N–H and O–H groups in total. The summed E-state index contributed by atoms with van der Waals surface area (Å²) in [6.45, 7) is 0.108. The van der Waals surface area contributed by atoms with Crippen molar-refractivity contribution in [3.05, 3.63) is 104 Å². The largest absolute Gasteiger partial charge is 0.503 e. The smallest absolute Gasteiger partial charge is 0.290 e. The first-order chi connectivity index (χ1) is 17.3. The lowest BCUT2D eigenvalue weighted by Gasteiger charge is -2.27. The van der Waals surface area contributed by atoms with Crippen LogP contribution in [-0.2, 0) is 11.3 Å². The van der Waals surface area contributed by atoms with Gasteiger partial charge in [0.25, 0.3) is 5.91 Å². The Bertz CT molecular complexity index is 1550. The van der Waals surface area contributed by atoms with E-state index in [2.05, 4.69) is 4.98 Å². The van der Waals surface area contributed by atoms with Crippen LogP contribution in [0, 0.1) is 0 Å². The first-order valence-electron chi connectivity index (χ1n) is 10.7. The zero-order valence-electron chi connectivity index (χ0n) is 18.7. The average molecular weight is 544 g/mol. The topological polar surface area (TPSA) is 92.9 Å². The van der Waals surface area contributed by atoms with Crippen molar-refractivity contribution in [2.24, 2.45) is 0 Å². The second-order valence-electron chi connectivity index (χ2n) is 8.09. The van der Waals surface area contributed by atoms with Crippen molar-refractivity contribution < 1.29 is 23.8 Å². The summed E-state index contributed by atoms with van der Waals surface area (Å²) >= 11 is 18.5. The summed E-state index contributed by atoms with van der Waals surface area (Å²) in [4.78, 5) is 32.4. The van der Waals surface area contributed by atoms with Gasteiger partial charge >= 0.3 is 0 Å². The van der Waals surface area contributed by atoms with Crippen LogP contribution in [0.2, 0.25) is 15.1 Å². The third kappa shape index (κ3) is 4.19. The molecule has 2 aromatic heterocycles. The van der Waals surface area contributed by atoms with Crippen LogP contribution in [-0.4, -0.2) is 33.8 Å². The molecule has 3 heterocycles. The number of pyridine rings is 1. The monoisotopic (exact) mass is 542 g/mol. The highest BCUT2D eigenvalue weighted by molar-refractivity contribution is 6.42. The van der Waals surface area contributed by atoms with Crippen molar-refractivity contribution in [1.82, 2.24) is 9.88 Å². The molecule has 1 amide bonds. The number of rotatable bonds is 6. The number of benzene rings is 2. The van der Waals surface area contributed by atoms with Gasteiger partial charge in [-0.25, -0.2) is 0 Å². The minimum atomic E-state index is -0.952. The van der Waals surface area contributed by atoms with Crippen LogP contribution in [0.25, 0.3) is 11.0 Å². The van der Waals surface area contributed by atoms with Crippen molar-refractivity contribution >= 4 is 57.5 Å². The molecule has 10 heteroatoms. The summed E-state index contributed by atoms with van der Waals surface area (Å²) in [6.07, 6.45) is 3.19. The second-order valence-corrected chi connectivity index (χ2v) is 9.34. The van der Waals surface area contributed by atoms with Gasteiger partial charge in [-0.3, -0.25) is 14.6 Å². The lowest BCUT2D eigenvalue weighted by Crippen LogP contribution is -2.30. The molecule has 1 unspecified atom stereocenters. The van der Waals surface area contributed by atoms with Gasteiger partial charge in [0.05, 0.1) is 28.8 Å². The highest BCUT2D eigenvalue weighted by Gasteiger charge is 2.44. The number of halogens is 3. The molecule has 0 saturated carbocycles. The van der Waals surface area contributed by atoms with E-state index in [4.69, 9.17) is 44.0 Å². The van der Waals surface area contributed by atoms with E-state index in [9.17, 15) is 14.7 Å². The molecule has 0 fully saturated rings. The molecule has 0 radical (unpaired) electrons. The van der Waals surface area contributed by atoms with Crippen molar-refractivity contribution in [3.8, 4) is 5.75 Å². The molecule has 182 valence electrons. The minimum Gasteiger partial charge on any atom is -0.503 e. The van der Waals surface area contributed by atoms with E-state index >= 15 is 0 Å². The zero-order valence-corrected chi connectivity index (χ0v) is 20.9. The second kappa shape index (κ2) is 9.50. The Morgan fingerprint density at radius 2 is 1.83 bits per heavy atom. The molecule has 0 aliphatic carbocycles. The van der Waals surface area contributed by atoms with E-state index < -0.39 is 23.5 Å². The number of carbonyl (C=O) groups is 2. The maximum atomic E-state index is 13.8. The van der Waals surface area contributed by atoms with E-state index in [1.165, 1.54) is 18.1 Å². The number of fused-ring (bicyclic) bond motifs is 1. The Kier molecular flexibility index (Phi) is 6.38. The number of amides is 1. The van der Waals surface area contributed by atoms with Crippen molar-refractivity contribution in [3.63, 3.8) is 0 Å². The highest BCUT2D eigenvalue weighted by Crippen LogP contribution is 2.42. The number of aliphatic hydroxyl groups excluding tert-OH is 1. The van der Waals surface area contributed by atoms with E-state index in [1.54, 1.807) is 54.9 Å². The van der Waals surface area contributed by atoms with Crippen molar-refractivity contribution in [1.29, 1.82) is 0 Å². The van der Waals surface area contributed by atoms with E-state index in [1.807, 2.05) is 0 Å². The van der Waals surface area contributed by atoms with Crippen LogP contribution in [0.5, 0.6) is 5.75 Å². The maximum Gasteiger partial charge on any atom is 0.290 e. The number of aromatic nitrogens is 1. The quantitative estimate of drug-likeness (QED) is 0.276. The van der Waals surface area contributed by atoms with Crippen molar-refractivity contribution in [2.75, 3.05) is 7.11 Å². The molecular weight excluding hydrogens is 527 g/mol. The van der Waals surface area contributed by atoms with Crippen LogP contribution in [0.15, 0.2) is 76.7 Å². The van der Waals surface area contributed by atoms with Gasteiger partial charge in [-0.1, -0.05) is 40.9 Å². The fourth-order valence-corrected chi connectivity index (χ4v) is 4.77. The van der Waals surface area contributed by atoms with E-state index in [0.29, 0.717) is 32.3 Å². The molecule has 36 heavy (non-hydrogen) atoms. The first kappa shape index (κ1) is 24.2. The van der Waals surface area contributed by atoms with Gasteiger partial charge in [0, 0.05) is 35.4 Å². The molecular formula is C26H17Cl3N2O5. The summed E-state index contributed by atoms with van der Waals surface area (Å²) in [7, 11) is 1.45. The van der Waals surface area contributed by atoms with Crippen LogP contribution < -0.4 is 4.74 Å². The molecule has 5 rings (SSSR count). The lowest BCUT2D eigenvalue weighted by atomic mass is 9.95. The molecule has 0 saturated heterocycles. The molecule has 1 atom stereocenters. The molecule has 7 nitrogen and oxygen atoms in total. The number of hydrogen-bond donors (Lipinski definition) is 1. The normalized spacial score (nSPS) is 15.7. The molecule has 2 aromatic carbocycles. The SMILES string of the molecule is COc1cc(Cl)cc2cc(C(=O)C3=C(O)C(=O)N(Cc4ccncc4)C3c3ccc(Cl)c(Cl)c3)oc12. The van der Waals surface area contributed by atoms with E-state index in [-0.39, 0.29) is 22.9 Å². The fraction of sp³-hybridized carbons (Fsp3) is 0.115. The van der Waals surface area contributed by atoms with Crippen LogP contribution in [0.4, 0.5) is 0 Å². The summed E-state index contributed by atoms with van der Waals surface area (Å²) in [5, 5.41) is 12.4. The summed E-state index contributed by atoms with van der Waals surface area (Å²) < 4.78 is 11.1. The van der Waals surface area contributed by atoms with E-state index in [0.717, 1.165) is 5.56 Å². The molecule has 1 aliphatic rings. The lowest BCUT2D eigenvalue weighted by molar-refractivity contribution is -0.130. The average Bonchev–Trinajstić information content (AvgIpc) is 3.40. The zero-order chi connectivity index (χ0) is 25.6. The Labute approximate surface area is 220 Å². The molecule has 0 spiro atoms. The minimum absolute atomic E-state index is 0.0873. The van der Waals surface area contributed by atoms with Crippen LogP contribution >= 0.6 is 34.8 Å². The highest BCUT2D eigenvalue weighted by atomic mass is 35.5. The predicted octanol–water partition coefficient (Wildman–Crippen LogP) is 6.58. The van der Waals surface area contributed by atoms with Gasteiger partial charge < -0.3 is 19.2 Å². The predicted molar refractivity (Wildman–Crippen MR) is 136 cm³/mol. The van der Waals surface area contributed by atoms with Gasteiger partial charge in [0.2, 0.25) is 5.78 Å². The molecule has 1 aliphatic heterocycles. The van der Waals surface area contributed by atoms with Gasteiger partial charge in [-0.05, 0) is 47.5 Å². The van der Waals surface area contributed by atoms with Gasteiger partial charge in [0.1, 0.15) is 0 Å². The number of ketones is 1. The Morgan fingerprint density at radius 3 is 2.53 bits per heavy atom. The number of Topliss-reactive ketones (excluding diaryl/α,β-unsaturated/α-hetero) is 1. The number of methoxy groups -OCH3 is 1. The number of ether oxygens (including phenoxy) is 1. The summed E-state index contributed by atoms with van der Waals surface area (Å²) in [6, 6.07) is 12.0. The summed E-state index contributed by atoms with van der Waals surface area (Å²) in [5.41, 5.74) is 1.43.